The molecule has 4 nitrogen and oxygen atoms in total. The van der Waals surface area contributed by atoms with E-state index >= 15 is 0 Å². The second kappa shape index (κ2) is 5.36. The van der Waals surface area contributed by atoms with Gasteiger partial charge in [0.25, 0.3) is 0 Å². The summed E-state index contributed by atoms with van der Waals surface area (Å²) < 4.78 is 4.71. The van der Waals surface area contributed by atoms with Crippen LogP contribution < -0.4 is 5.73 Å². The summed E-state index contributed by atoms with van der Waals surface area (Å²) in [6, 6.07) is 1.57. The highest BCUT2D eigenvalue weighted by molar-refractivity contribution is 6.30. The van der Waals surface area contributed by atoms with Gasteiger partial charge in [-0.1, -0.05) is 11.6 Å². The van der Waals surface area contributed by atoms with Crippen LogP contribution in [0.4, 0.5) is 5.69 Å². The smallest absolute Gasteiger partial charge is 0.330 e. The molecule has 0 spiro atoms. The first kappa shape index (κ1) is 11.5. The van der Waals surface area contributed by atoms with Gasteiger partial charge in [0.2, 0.25) is 0 Å². The summed E-state index contributed by atoms with van der Waals surface area (Å²) in [7, 11) is 0. The molecule has 5 heteroatoms. The molecule has 0 aliphatic heterocycles. The second-order valence-corrected chi connectivity index (χ2v) is 3.15. The number of carbonyl (C=O) groups is 1. The Morgan fingerprint density at radius 2 is 2.47 bits per heavy atom. The Hall–Kier alpha value is -1.55. The number of halogens is 1. The fourth-order valence-electron chi connectivity index (χ4n) is 0.942. The Kier molecular flexibility index (Phi) is 4.12. The van der Waals surface area contributed by atoms with Crippen LogP contribution >= 0.6 is 11.6 Å². The van der Waals surface area contributed by atoms with Crippen molar-refractivity contribution in [3.05, 3.63) is 29.1 Å². The largest absolute Gasteiger partial charge is 0.463 e. The number of nitrogens with zero attached hydrogens (tertiary/aromatic N) is 1. The van der Waals surface area contributed by atoms with Gasteiger partial charge in [0, 0.05) is 12.3 Å². The van der Waals surface area contributed by atoms with Crippen LogP contribution in [0.25, 0.3) is 6.08 Å². The average molecular weight is 227 g/mol. The summed E-state index contributed by atoms with van der Waals surface area (Å²) in [6.45, 7) is 2.08. The quantitative estimate of drug-likeness (QED) is 0.632. The van der Waals surface area contributed by atoms with Gasteiger partial charge in [-0.25, -0.2) is 4.79 Å². The topological polar surface area (TPSA) is 65.2 Å². The van der Waals surface area contributed by atoms with Crippen LogP contribution in [0.15, 0.2) is 18.3 Å². The summed E-state index contributed by atoms with van der Waals surface area (Å²) in [5.74, 6) is -0.423. The van der Waals surface area contributed by atoms with Crippen molar-refractivity contribution >= 4 is 29.3 Å². The molecule has 1 rings (SSSR count). The Morgan fingerprint density at radius 1 is 1.73 bits per heavy atom. The van der Waals surface area contributed by atoms with Gasteiger partial charge in [-0.05, 0) is 19.1 Å². The lowest BCUT2D eigenvalue weighted by Gasteiger charge is -1.99. The van der Waals surface area contributed by atoms with Crippen molar-refractivity contribution in [2.75, 3.05) is 12.3 Å². The molecule has 0 amide bonds. The number of aromatic nitrogens is 1. The third-order valence-electron chi connectivity index (χ3n) is 1.58. The molecule has 0 unspecified atom stereocenters. The summed E-state index contributed by atoms with van der Waals surface area (Å²) in [5.41, 5.74) is 6.54. The highest BCUT2D eigenvalue weighted by Gasteiger charge is 1.99. The van der Waals surface area contributed by atoms with Crippen LogP contribution in [0.5, 0.6) is 0 Å². The van der Waals surface area contributed by atoms with Gasteiger partial charge >= 0.3 is 5.97 Å². The van der Waals surface area contributed by atoms with E-state index in [2.05, 4.69) is 4.98 Å². The third kappa shape index (κ3) is 3.59. The van der Waals surface area contributed by atoms with Gasteiger partial charge in [-0.3, -0.25) is 4.98 Å². The molecule has 0 fully saturated rings. The van der Waals surface area contributed by atoms with E-state index in [1.54, 1.807) is 13.0 Å². The lowest BCUT2D eigenvalue weighted by molar-refractivity contribution is -0.137. The van der Waals surface area contributed by atoms with Crippen LogP contribution in [0.1, 0.15) is 12.6 Å². The summed E-state index contributed by atoms with van der Waals surface area (Å²) >= 11 is 5.67. The average Bonchev–Trinajstić information content (AvgIpc) is 2.17. The molecular weight excluding hydrogens is 216 g/mol. The molecule has 0 aromatic carbocycles. The number of esters is 1. The van der Waals surface area contributed by atoms with E-state index in [-0.39, 0.29) is 0 Å². The maximum absolute atomic E-state index is 11.0. The molecule has 0 atom stereocenters. The maximum atomic E-state index is 11.0. The van der Waals surface area contributed by atoms with Gasteiger partial charge < -0.3 is 10.5 Å². The van der Waals surface area contributed by atoms with Crippen LogP contribution in [-0.2, 0) is 9.53 Å². The summed E-state index contributed by atoms with van der Waals surface area (Å²) in [5, 5.41) is 0.459. The van der Waals surface area contributed by atoms with Crippen LogP contribution in [0.2, 0.25) is 5.02 Å². The van der Waals surface area contributed by atoms with E-state index in [0.29, 0.717) is 23.0 Å². The highest BCUT2D eigenvalue weighted by Crippen LogP contribution is 2.15. The molecule has 0 aliphatic carbocycles. The standard InChI is InChI=1S/C10H11ClN2O2/c1-2-15-10(14)4-3-9-8(12)5-7(11)6-13-9/h3-6H,2,12H2,1H3/b4-3+. The number of hydrogen-bond acceptors (Lipinski definition) is 4. The van der Waals surface area contributed by atoms with Gasteiger partial charge in [0.1, 0.15) is 0 Å². The molecule has 0 saturated heterocycles. The normalized spacial score (nSPS) is 10.5. The van der Waals surface area contributed by atoms with Gasteiger partial charge in [0.05, 0.1) is 23.0 Å². The molecule has 0 saturated carbocycles. The number of anilines is 1. The monoisotopic (exact) mass is 226 g/mol. The predicted octanol–water partition coefficient (Wildman–Crippen LogP) is 1.89. The minimum absolute atomic E-state index is 0.340. The zero-order valence-corrected chi connectivity index (χ0v) is 8.99. The zero-order chi connectivity index (χ0) is 11.3. The molecule has 0 aliphatic rings. The first-order chi connectivity index (χ1) is 7.13. The van der Waals surface area contributed by atoms with E-state index in [9.17, 15) is 4.79 Å². The summed E-state index contributed by atoms with van der Waals surface area (Å²) in [4.78, 5) is 14.9. The first-order valence-corrected chi connectivity index (χ1v) is 4.77. The number of hydrogen-bond donors (Lipinski definition) is 1. The summed E-state index contributed by atoms with van der Waals surface area (Å²) in [6.07, 6.45) is 4.22. The molecule has 1 aromatic heterocycles. The Labute approximate surface area is 92.7 Å². The molecule has 80 valence electrons. The zero-order valence-electron chi connectivity index (χ0n) is 8.24. The van der Waals surface area contributed by atoms with Crippen LogP contribution in [0.3, 0.4) is 0 Å². The number of ether oxygens (including phenoxy) is 1. The van der Waals surface area contributed by atoms with Crippen molar-refractivity contribution in [1.29, 1.82) is 0 Å². The van der Waals surface area contributed by atoms with Crippen molar-refractivity contribution in [3.8, 4) is 0 Å². The number of carbonyl (C=O) groups excluding carboxylic acids is 1. The molecule has 0 bridgehead atoms. The number of nitrogens with two attached hydrogens (primary N) is 1. The fourth-order valence-corrected chi connectivity index (χ4v) is 1.11. The molecule has 0 radical (unpaired) electrons. The van der Waals surface area contributed by atoms with Crippen molar-refractivity contribution in [3.63, 3.8) is 0 Å². The Morgan fingerprint density at radius 3 is 3.07 bits per heavy atom. The van der Waals surface area contributed by atoms with E-state index in [1.807, 2.05) is 0 Å². The van der Waals surface area contributed by atoms with Crippen LogP contribution in [0, 0.1) is 0 Å². The van der Waals surface area contributed by atoms with Crippen molar-refractivity contribution in [2.45, 2.75) is 6.92 Å². The highest BCUT2D eigenvalue weighted by atomic mass is 35.5. The lowest BCUT2D eigenvalue weighted by Crippen LogP contribution is -1.99. The van der Waals surface area contributed by atoms with E-state index < -0.39 is 5.97 Å². The van der Waals surface area contributed by atoms with Crippen molar-refractivity contribution in [2.24, 2.45) is 0 Å². The minimum Gasteiger partial charge on any atom is -0.463 e. The molecular formula is C10H11ClN2O2. The maximum Gasteiger partial charge on any atom is 0.330 e. The molecule has 15 heavy (non-hydrogen) atoms. The van der Waals surface area contributed by atoms with Gasteiger partial charge in [0.15, 0.2) is 0 Å². The van der Waals surface area contributed by atoms with Gasteiger partial charge in [-0.15, -0.1) is 0 Å². The van der Waals surface area contributed by atoms with E-state index in [1.165, 1.54) is 18.3 Å². The molecule has 2 N–H and O–H groups in total. The SMILES string of the molecule is CCOC(=O)/C=C/c1ncc(Cl)cc1N. The Balaban J connectivity index is 2.76. The van der Waals surface area contributed by atoms with E-state index in [4.69, 9.17) is 22.1 Å². The number of nitrogen functional groups attached to an aromatic ring is 1. The first-order valence-electron chi connectivity index (χ1n) is 4.39. The van der Waals surface area contributed by atoms with Crippen LogP contribution in [-0.4, -0.2) is 17.6 Å². The fraction of sp³-hybridized carbons (Fsp3) is 0.200. The second-order valence-electron chi connectivity index (χ2n) is 2.71. The number of rotatable bonds is 3. The molecule has 1 heterocycles. The lowest BCUT2D eigenvalue weighted by atomic mass is 10.3. The molecule has 1 aromatic rings. The van der Waals surface area contributed by atoms with Gasteiger partial charge in [-0.2, -0.15) is 0 Å². The Bertz CT molecular complexity index is 391. The minimum atomic E-state index is -0.423. The van der Waals surface area contributed by atoms with E-state index in [0.717, 1.165) is 0 Å². The predicted molar refractivity (Wildman–Crippen MR) is 59.3 cm³/mol. The van der Waals surface area contributed by atoms with Crippen molar-refractivity contribution in [1.82, 2.24) is 4.98 Å². The third-order valence-corrected chi connectivity index (χ3v) is 1.79. The van der Waals surface area contributed by atoms with Crippen molar-refractivity contribution < 1.29 is 9.53 Å². The number of pyridine rings is 1.